The van der Waals surface area contributed by atoms with Gasteiger partial charge in [0, 0.05) is 24.5 Å². The maximum absolute atomic E-state index is 12.9. The fourth-order valence-corrected chi connectivity index (χ4v) is 5.02. The molecule has 1 saturated heterocycles. The summed E-state index contributed by atoms with van der Waals surface area (Å²) in [7, 11) is 1.59. The van der Waals surface area contributed by atoms with Crippen molar-refractivity contribution >= 4 is 11.9 Å². The van der Waals surface area contributed by atoms with E-state index in [9.17, 15) is 14.7 Å². The average Bonchev–Trinajstić information content (AvgIpc) is 3.46. The molecule has 2 aliphatic rings. The van der Waals surface area contributed by atoms with E-state index >= 15 is 0 Å². The second-order valence-electron chi connectivity index (χ2n) is 8.81. The Labute approximate surface area is 199 Å². The Bertz CT molecular complexity index is 1020. The average molecular weight is 469 g/mol. The molecule has 0 saturated carbocycles. The van der Waals surface area contributed by atoms with Crippen molar-refractivity contribution in [1.29, 1.82) is 0 Å². The molecule has 0 bridgehead atoms. The van der Waals surface area contributed by atoms with Gasteiger partial charge >= 0.3 is 5.97 Å². The molecule has 3 atom stereocenters. The summed E-state index contributed by atoms with van der Waals surface area (Å²) in [6.45, 7) is 4.80. The van der Waals surface area contributed by atoms with Crippen molar-refractivity contribution in [3.05, 3.63) is 53.6 Å². The van der Waals surface area contributed by atoms with Gasteiger partial charge in [-0.05, 0) is 48.2 Å². The minimum Gasteiger partial charge on any atom is -0.497 e. The number of carboxylic acid groups (broad SMARTS) is 1. The number of amides is 1. The van der Waals surface area contributed by atoms with Crippen molar-refractivity contribution < 1.29 is 28.9 Å². The van der Waals surface area contributed by atoms with Gasteiger partial charge in [-0.2, -0.15) is 0 Å². The molecule has 2 heterocycles. The molecule has 2 aromatic carbocycles. The predicted molar refractivity (Wildman–Crippen MR) is 126 cm³/mol. The number of aliphatic carboxylic acids is 1. The van der Waals surface area contributed by atoms with Crippen LogP contribution in [0.3, 0.4) is 0 Å². The van der Waals surface area contributed by atoms with E-state index in [4.69, 9.17) is 14.2 Å². The molecule has 8 nitrogen and oxygen atoms in total. The van der Waals surface area contributed by atoms with Crippen molar-refractivity contribution in [1.82, 2.24) is 10.2 Å². The minimum atomic E-state index is -0.897. The molecule has 182 valence electrons. The number of carbonyl (C=O) groups excluding carboxylic acids is 1. The third-order valence-corrected chi connectivity index (χ3v) is 6.86. The SMILES string of the molecule is CCC(CC)NC(=O)CN1CC(c2ccc3c(c2)OCO3)C(C(=O)O)C1c1ccc(OC)cc1. The molecule has 3 unspecified atom stereocenters. The zero-order valence-corrected chi connectivity index (χ0v) is 19.8. The number of carbonyl (C=O) groups is 2. The fraction of sp³-hybridized carbons (Fsp3) is 0.462. The first-order valence-electron chi connectivity index (χ1n) is 11.7. The molecular weight excluding hydrogens is 436 g/mol. The molecule has 34 heavy (non-hydrogen) atoms. The second kappa shape index (κ2) is 10.3. The third kappa shape index (κ3) is 4.82. The van der Waals surface area contributed by atoms with Crippen LogP contribution in [0.5, 0.6) is 17.2 Å². The van der Waals surface area contributed by atoms with Crippen LogP contribution in [-0.4, -0.2) is 54.9 Å². The Balaban J connectivity index is 1.68. The number of nitrogens with one attached hydrogen (secondary N) is 1. The molecule has 2 N–H and O–H groups in total. The molecule has 1 fully saturated rings. The lowest BCUT2D eigenvalue weighted by molar-refractivity contribution is -0.143. The minimum absolute atomic E-state index is 0.0947. The molecule has 2 aromatic rings. The summed E-state index contributed by atoms with van der Waals surface area (Å²) in [6.07, 6.45) is 1.70. The molecule has 0 aliphatic carbocycles. The van der Waals surface area contributed by atoms with Crippen LogP contribution in [0.4, 0.5) is 0 Å². The fourth-order valence-electron chi connectivity index (χ4n) is 5.02. The summed E-state index contributed by atoms with van der Waals surface area (Å²) >= 11 is 0. The molecule has 8 heteroatoms. The molecular formula is C26H32N2O6. The molecule has 1 amide bonds. The van der Waals surface area contributed by atoms with Crippen molar-refractivity contribution in [2.24, 2.45) is 5.92 Å². The van der Waals surface area contributed by atoms with Gasteiger partial charge in [0.1, 0.15) is 5.75 Å². The van der Waals surface area contributed by atoms with Crippen LogP contribution in [0.15, 0.2) is 42.5 Å². The van der Waals surface area contributed by atoms with Gasteiger partial charge in [0.25, 0.3) is 0 Å². The van der Waals surface area contributed by atoms with E-state index in [1.54, 1.807) is 7.11 Å². The van der Waals surface area contributed by atoms with E-state index < -0.39 is 17.9 Å². The highest BCUT2D eigenvalue weighted by molar-refractivity contribution is 5.79. The number of nitrogens with zero attached hydrogens (tertiary/aromatic N) is 1. The number of methoxy groups -OCH3 is 1. The Morgan fingerprint density at radius 3 is 2.41 bits per heavy atom. The van der Waals surface area contributed by atoms with Crippen molar-refractivity contribution in [2.75, 3.05) is 27.0 Å². The van der Waals surface area contributed by atoms with E-state index in [0.29, 0.717) is 23.8 Å². The molecule has 0 aromatic heterocycles. The smallest absolute Gasteiger partial charge is 0.309 e. The molecule has 0 radical (unpaired) electrons. The van der Waals surface area contributed by atoms with Crippen LogP contribution >= 0.6 is 0 Å². The number of rotatable bonds is 9. The highest BCUT2D eigenvalue weighted by Gasteiger charge is 2.48. The quantitative estimate of drug-likeness (QED) is 0.581. The van der Waals surface area contributed by atoms with Gasteiger partial charge in [-0.1, -0.05) is 32.0 Å². The summed E-state index contributed by atoms with van der Waals surface area (Å²) in [5.74, 6) is -0.0860. The number of fused-ring (bicyclic) bond motifs is 1. The number of likely N-dealkylation sites (tertiary alicyclic amines) is 1. The van der Waals surface area contributed by atoms with Gasteiger partial charge in [-0.15, -0.1) is 0 Å². The normalized spacial score (nSPS) is 21.6. The van der Waals surface area contributed by atoms with E-state index in [2.05, 4.69) is 5.32 Å². The molecule has 4 rings (SSSR count). The maximum Gasteiger partial charge on any atom is 0.309 e. The number of hydrogen-bond acceptors (Lipinski definition) is 6. The Morgan fingerprint density at radius 1 is 1.09 bits per heavy atom. The predicted octanol–water partition coefficient (Wildman–Crippen LogP) is 3.57. The Hall–Kier alpha value is -3.26. The van der Waals surface area contributed by atoms with E-state index in [1.807, 2.05) is 61.2 Å². The van der Waals surface area contributed by atoms with Crippen LogP contribution in [0, 0.1) is 5.92 Å². The lowest BCUT2D eigenvalue weighted by atomic mass is 9.82. The lowest BCUT2D eigenvalue weighted by Crippen LogP contribution is -2.42. The zero-order valence-electron chi connectivity index (χ0n) is 19.8. The van der Waals surface area contributed by atoms with Crippen LogP contribution in [0.1, 0.15) is 49.8 Å². The maximum atomic E-state index is 12.9. The largest absolute Gasteiger partial charge is 0.497 e. The Morgan fingerprint density at radius 2 is 1.76 bits per heavy atom. The summed E-state index contributed by atoms with van der Waals surface area (Å²) in [6, 6.07) is 12.6. The van der Waals surface area contributed by atoms with Crippen molar-refractivity contribution in [2.45, 2.75) is 44.7 Å². The van der Waals surface area contributed by atoms with Gasteiger partial charge in [-0.3, -0.25) is 14.5 Å². The third-order valence-electron chi connectivity index (χ3n) is 6.86. The molecule has 0 spiro atoms. The second-order valence-corrected chi connectivity index (χ2v) is 8.81. The summed E-state index contributed by atoms with van der Waals surface area (Å²) in [5.41, 5.74) is 1.70. The first-order valence-corrected chi connectivity index (χ1v) is 11.7. The topological polar surface area (TPSA) is 97.3 Å². The lowest BCUT2D eigenvalue weighted by Gasteiger charge is -2.27. The molecule has 2 aliphatic heterocycles. The van der Waals surface area contributed by atoms with E-state index in [-0.39, 0.29) is 31.2 Å². The summed E-state index contributed by atoms with van der Waals surface area (Å²) in [5, 5.41) is 13.4. The van der Waals surface area contributed by atoms with Gasteiger partial charge in [0.2, 0.25) is 12.7 Å². The van der Waals surface area contributed by atoms with Crippen LogP contribution in [-0.2, 0) is 9.59 Å². The monoisotopic (exact) mass is 468 g/mol. The first-order chi connectivity index (χ1) is 16.4. The number of hydrogen-bond donors (Lipinski definition) is 2. The van der Waals surface area contributed by atoms with Crippen molar-refractivity contribution in [3.8, 4) is 17.2 Å². The zero-order chi connectivity index (χ0) is 24.2. The standard InChI is InChI=1S/C26H32N2O6/c1-4-18(5-2)27-23(29)14-28-13-20(17-8-11-21-22(12-17)34-15-33-21)24(26(30)31)25(28)16-6-9-19(32-3)10-7-16/h6-12,18,20,24-25H,4-5,13-15H2,1-3H3,(H,27,29)(H,30,31). The Kier molecular flexibility index (Phi) is 7.26. The number of carboxylic acids is 1. The first kappa shape index (κ1) is 23.9. The van der Waals surface area contributed by atoms with Gasteiger partial charge in [-0.25, -0.2) is 0 Å². The summed E-state index contributed by atoms with van der Waals surface area (Å²) < 4.78 is 16.2. The highest BCUT2D eigenvalue weighted by Crippen LogP contribution is 2.47. The number of ether oxygens (including phenoxy) is 3. The van der Waals surface area contributed by atoms with Crippen LogP contribution in [0.25, 0.3) is 0 Å². The van der Waals surface area contributed by atoms with E-state index in [1.165, 1.54) is 0 Å². The van der Waals surface area contributed by atoms with Gasteiger partial charge < -0.3 is 24.6 Å². The van der Waals surface area contributed by atoms with Crippen LogP contribution in [0.2, 0.25) is 0 Å². The number of benzene rings is 2. The van der Waals surface area contributed by atoms with Crippen molar-refractivity contribution in [3.63, 3.8) is 0 Å². The highest BCUT2D eigenvalue weighted by atomic mass is 16.7. The van der Waals surface area contributed by atoms with Gasteiger partial charge in [0.05, 0.1) is 19.6 Å². The summed E-state index contributed by atoms with van der Waals surface area (Å²) in [4.78, 5) is 27.5. The van der Waals surface area contributed by atoms with Crippen LogP contribution < -0.4 is 19.5 Å². The van der Waals surface area contributed by atoms with E-state index in [0.717, 1.165) is 24.0 Å². The van der Waals surface area contributed by atoms with Gasteiger partial charge in [0.15, 0.2) is 11.5 Å².